The molecule has 4 rings (SSSR count). The van der Waals surface area contributed by atoms with Gasteiger partial charge in [0.1, 0.15) is 0 Å². The molecular weight excluding hydrogens is 388 g/mol. The second kappa shape index (κ2) is 7.78. The van der Waals surface area contributed by atoms with Gasteiger partial charge in [-0.25, -0.2) is 0 Å². The van der Waals surface area contributed by atoms with Crippen LogP contribution in [-0.2, 0) is 6.42 Å². The molecule has 1 aliphatic rings. The molecule has 0 unspecified atom stereocenters. The number of fused-ring (bicyclic) bond motifs is 1. The minimum atomic E-state index is -3.70. The molecule has 0 saturated heterocycles. The van der Waals surface area contributed by atoms with Gasteiger partial charge >= 0.3 is 6.29 Å². The van der Waals surface area contributed by atoms with Crippen LogP contribution in [0.3, 0.4) is 0 Å². The van der Waals surface area contributed by atoms with Crippen molar-refractivity contribution in [3.05, 3.63) is 77.9 Å². The predicted molar refractivity (Wildman–Crippen MR) is 111 cm³/mol. The van der Waals surface area contributed by atoms with E-state index < -0.39 is 6.29 Å². The van der Waals surface area contributed by atoms with Gasteiger partial charge in [0, 0.05) is 17.3 Å². The van der Waals surface area contributed by atoms with Crippen LogP contribution >= 0.6 is 0 Å². The molecule has 3 aromatic rings. The molecule has 0 bridgehead atoms. The average Bonchev–Trinajstić information content (AvgIpc) is 3.01. The molecule has 154 valence electrons. The Balaban J connectivity index is 1.56. The van der Waals surface area contributed by atoms with E-state index in [-0.39, 0.29) is 17.4 Å². The number of benzene rings is 3. The third-order valence-corrected chi connectivity index (χ3v) is 4.74. The molecule has 3 aromatic carbocycles. The Morgan fingerprint density at radius 2 is 1.67 bits per heavy atom. The zero-order chi connectivity index (χ0) is 21.3. The Hall–Kier alpha value is -3.41. The van der Waals surface area contributed by atoms with Gasteiger partial charge in [-0.15, -0.1) is 8.78 Å². The first kappa shape index (κ1) is 19.9. The maximum absolute atomic E-state index is 13.2. The molecular formula is C24H21F2NO3. The molecule has 0 saturated carbocycles. The fourth-order valence-corrected chi connectivity index (χ4v) is 3.45. The van der Waals surface area contributed by atoms with Crippen molar-refractivity contribution in [2.45, 2.75) is 26.6 Å². The van der Waals surface area contributed by atoms with Crippen molar-refractivity contribution in [1.82, 2.24) is 0 Å². The van der Waals surface area contributed by atoms with Gasteiger partial charge in [0.05, 0.1) is 0 Å². The highest BCUT2D eigenvalue weighted by atomic mass is 19.3. The summed E-state index contributed by atoms with van der Waals surface area (Å²) < 4.78 is 35.2. The lowest BCUT2D eigenvalue weighted by atomic mass is 9.96. The number of nitrogens with one attached hydrogen (secondary N) is 1. The highest BCUT2D eigenvalue weighted by Gasteiger charge is 2.43. The van der Waals surface area contributed by atoms with Crippen LogP contribution in [0.25, 0.3) is 11.1 Å². The second-order valence-electron chi connectivity index (χ2n) is 7.62. The molecule has 6 heteroatoms. The molecule has 0 aliphatic carbocycles. The predicted octanol–water partition coefficient (Wildman–Crippen LogP) is 6.13. The zero-order valence-corrected chi connectivity index (χ0v) is 16.6. The molecule has 0 atom stereocenters. The van der Waals surface area contributed by atoms with E-state index in [0.29, 0.717) is 17.2 Å². The maximum Gasteiger partial charge on any atom is 0.586 e. The lowest BCUT2D eigenvalue weighted by Gasteiger charge is -2.12. The smallest absolute Gasteiger partial charge is 0.395 e. The molecule has 0 radical (unpaired) electrons. The summed E-state index contributed by atoms with van der Waals surface area (Å²) in [6.07, 6.45) is -2.70. The van der Waals surface area contributed by atoms with Crippen LogP contribution in [0.1, 0.15) is 29.8 Å². The third kappa shape index (κ3) is 4.27. The van der Waals surface area contributed by atoms with Gasteiger partial charge in [0.25, 0.3) is 5.91 Å². The summed E-state index contributed by atoms with van der Waals surface area (Å²) in [7, 11) is 0. The van der Waals surface area contributed by atoms with Crippen molar-refractivity contribution >= 4 is 11.6 Å². The Labute approximate surface area is 173 Å². The highest BCUT2D eigenvalue weighted by Crippen LogP contribution is 2.42. The second-order valence-corrected chi connectivity index (χ2v) is 7.62. The number of rotatable bonds is 5. The van der Waals surface area contributed by atoms with Crippen molar-refractivity contribution in [1.29, 1.82) is 0 Å². The number of ether oxygens (including phenoxy) is 2. The van der Waals surface area contributed by atoms with Crippen molar-refractivity contribution in [3.63, 3.8) is 0 Å². The molecule has 0 fully saturated rings. The Morgan fingerprint density at radius 3 is 2.40 bits per heavy atom. The van der Waals surface area contributed by atoms with E-state index in [0.717, 1.165) is 17.5 Å². The summed E-state index contributed by atoms with van der Waals surface area (Å²) >= 11 is 0. The van der Waals surface area contributed by atoms with Gasteiger partial charge in [0.15, 0.2) is 11.5 Å². The van der Waals surface area contributed by atoms with Crippen LogP contribution in [0.15, 0.2) is 66.7 Å². The Morgan fingerprint density at radius 1 is 0.967 bits per heavy atom. The van der Waals surface area contributed by atoms with E-state index in [1.54, 1.807) is 12.1 Å². The average molecular weight is 409 g/mol. The number of hydrogen-bond donors (Lipinski definition) is 1. The lowest BCUT2D eigenvalue weighted by Crippen LogP contribution is -2.25. The van der Waals surface area contributed by atoms with Gasteiger partial charge in [-0.1, -0.05) is 56.3 Å². The first-order chi connectivity index (χ1) is 14.3. The van der Waals surface area contributed by atoms with E-state index >= 15 is 0 Å². The van der Waals surface area contributed by atoms with E-state index in [2.05, 4.69) is 40.8 Å². The fraction of sp³-hybridized carbons (Fsp3) is 0.208. The van der Waals surface area contributed by atoms with E-state index in [4.69, 9.17) is 0 Å². The minimum absolute atomic E-state index is 0.0695. The van der Waals surface area contributed by atoms with Crippen LogP contribution in [0.2, 0.25) is 0 Å². The molecule has 1 amide bonds. The van der Waals surface area contributed by atoms with Crippen molar-refractivity contribution < 1.29 is 23.0 Å². The Bertz CT molecular complexity index is 1080. The van der Waals surface area contributed by atoms with Crippen LogP contribution in [0.5, 0.6) is 11.5 Å². The Kier molecular flexibility index (Phi) is 5.16. The molecule has 0 aromatic heterocycles. The van der Waals surface area contributed by atoms with E-state index in [9.17, 15) is 13.6 Å². The number of alkyl halides is 2. The van der Waals surface area contributed by atoms with E-state index in [1.165, 1.54) is 23.8 Å². The van der Waals surface area contributed by atoms with Crippen LogP contribution in [0.4, 0.5) is 14.5 Å². The summed E-state index contributed by atoms with van der Waals surface area (Å²) in [5.74, 6) is 0.0322. The van der Waals surface area contributed by atoms with E-state index in [1.807, 2.05) is 24.3 Å². The standard InChI is InChI=1S/C24H21F2NO3/c1-15(2)13-16-7-9-17(10-8-16)19-5-3-4-6-20(19)23(28)27-18-11-12-21-22(14-18)30-24(25,26)29-21/h3-12,14-15H,13H2,1-2H3,(H,27,28). The quantitative estimate of drug-likeness (QED) is 0.552. The van der Waals surface area contributed by atoms with Crippen LogP contribution < -0.4 is 14.8 Å². The number of amides is 1. The molecule has 1 aliphatic heterocycles. The van der Waals surface area contributed by atoms with Crippen LogP contribution in [0, 0.1) is 5.92 Å². The monoisotopic (exact) mass is 409 g/mol. The van der Waals surface area contributed by atoms with Gasteiger partial charge in [-0.3, -0.25) is 4.79 Å². The van der Waals surface area contributed by atoms with Gasteiger partial charge < -0.3 is 14.8 Å². The highest BCUT2D eigenvalue weighted by molar-refractivity contribution is 6.08. The first-order valence-corrected chi connectivity index (χ1v) is 9.70. The van der Waals surface area contributed by atoms with Crippen molar-refractivity contribution in [2.75, 3.05) is 5.32 Å². The largest absolute Gasteiger partial charge is 0.586 e. The summed E-state index contributed by atoms with van der Waals surface area (Å²) in [5, 5.41) is 2.74. The fourth-order valence-electron chi connectivity index (χ4n) is 3.45. The maximum atomic E-state index is 13.2. The molecule has 0 spiro atoms. The lowest BCUT2D eigenvalue weighted by molar-refractivity contribution is -0.286. The molecule has 30 heavy (non-hydrogen) atoms. The summed E-state index contributed by atoms with van der Waals surface area (Å²) in [4.78, 5) is 12.9. The molecule has 1 heterocycles. The van der Waals surface area contributed by atoms with Gasteiger partial charge in [0.2, 0.25) is 0 Å². The zero-order valence-electron chi connectivity index (χ0n) is 16.6. The minimum Gasteiger partial charge on any atom is -0.395 e. The van der Waals surface area contributed by atoms with Crippen LogP contribution in [-0.4, -0.2) is 12.2 Å². The van der Waals surface area contributed by atoms with Gasteiger partial charge in [-0.05, 0) is 47.2 Å². The summed E-state index contributed by atoms with van der Waals surface area (Å²) in [5.41, 5.74) is 3.78. The van der Waals surface area contributed by atoms with Crippen molar-refractivity contribution in [2.24, 2.45) is 5.92 Å². The molecule has 1 N–H and O–H groups in total. The SMILES string of the molecule is CC(C)Cc1ccc(-c2ccccc2C(=O)Nc2ccc3c(c2)OC(F)(F)O3)cc1. The first-order valence-electron chi connectivity index (χ1n) is 9.70. The number of carbonyl (C=O) groups is 1. The third-order valence-electron chi connectivity index (χ3n) is 4.74. The molecule has 4 nitrogen and oxygen atoms in total. The summed E-state index contributed by atoms with van der Waals surface area (Å²) in [6, 6.07) is 19.6. The van der Waals surface area contributed by atoms with Gasteiger partial charge in [-0.2, -0.15) is 0 Å². The number of anilines is 1. The summed E-state index contributed by atoms with van der Waals surface area (Å²) in [6.45, 7) is 4.34. The topological polar surface area (TPSA) is 47.6 Å². The number of carbonyl (C=O) groups excluding carboxylic acids is 1. The number of hydrogen-bond acceptors (Lipinski definition) is 3. The normalized spacial score (nSPS) is 14.0. The number of halogens is 2. The van der Waals surface area contributed by atoms with Crippen molar-refractivity contribution in [3.8, 4) is 22.6 Å².